The fourth-order valence-electron chi connectivity index (χ4n) is 5.08. The molecule has 0 radical (unpaired) electrons. The first-order chi connectivity index (χ1) is 19.7. The summed E-state index contributed by atoms with van der Waals surface area (Å²) in [6, 6.07) is 27.5. The monoisotopic (exact) mass is 571 g/mol. The normalized spacial score (nSPS) is 13.1. The molecule has 0 bridgehead atoms. The van der Waals surface area contributed by atoms with Crippen molar-refractivity contribution < 1.29 is 32.6 Å². The van der Waals surface area contributed by atoms with Crippen molar-refractivity contribution in [3.63, 3.8) is 0 Å². The Bertz CT molecular complexity index is 1640. The van der Waals surface area contributed by atoms with Crippen molar-refractivity contribution in [3.8, 4) is 16.9 Å². The molecule has 1 atom stereocenters. The van der Waals surface area contributed by atoms with Crippen LogP contribution in [0.2, 0.25) is 0 Å². The Labute approximate surface area is 238 Å². The fraction of sp³-hybridized carbons (Fsp3) is 0.188. The summed E-state index contributed by atoms with van der Waals surface area (Å²) in [7, 11) is -3.75. The second kappa shape index (κ2) is 11.9. The van der Waals surface area contributed by atoms with Gasteiger partial charge in [-0.2, -0.15) is 0 Å². The molecule has 210 valence electrons. The van der Waals surface area contributed by atoms with E-state index in [9.17, 15) is 23.1 Å². The summed E-state index contributed by atoms with van der Waals surface area (Å²) in [5.41, 5.74) is 5.25. The van der Waals surface area contributed by atoms with E-state index < -0.39 is 27.9 Å². The minimum Gasteiger partial charge on any atom is -0.508 e. The van der Waals surface area contributed by atoms with Crippen molar-refractivity contribution in [3.05, 3.63) is 119 Å². The van der Waals surface area contributed by atoms with Crippen LogP contribution in [0.25, 0.3) is 11.1 Å². The summed E-state index contributed by atoms with van der Waals surface area (Å²) in [4.78, 5) is 26.1. The predicted octanol–water partition coefficient (Wildman–Crippen LogP) is 4.99. The first-order valence-corrected chi connectivity index (χ1v) is 14.9. The molecule has 4 aromatic rings. The summed E-state index contributed by atoms with van der Waals surface area (Å²) in [5.74, 6) is -1.16. The molecule has 41 heavy (non-hydrogen) atoms. The molecule has 0 fully saturated rings. The third-order valence-corrected chi connectivity index (χ3v) is 8.20. The number of carbonyl (C=O) groups excluding carboxylic acids is 2. The number of alkyl carbamates (subject to hydrolysis) is 1. The average Bonchev–Trinajstić information content (AvgIpc) is 3.29. The molecule has 0 saturated heterocycles. The van der Waals surface area contributed by atoms with Crippen molar-refractivity contribution in [1.82, 2.24) is 5.32 Å². The molecule has 0 spiro atoms. The summed E-state index contributed by atoms with van der Waals surface area (Å²) in [6.45, 7) is 0.0104. The van der Waals surface area contributed by atoms with Gasteiger partial charge in [-0.1, -0.05) is 84.9 Å². The highest BCUT2D eigenvalue weighted by molar-refractivity contribution is 7.90. The van der Waals surface area contributed by atoms with Gasteiger partial charge >= 0.3 is 12.1 Å². The number of hydrogen-bond donors (Lipinski definition) is 2. The number of aromatic hydroxyl groups is 1. The highest BCUT2D eigenvalue weighted by Crippen LogP contribution is 2.44. The molecule has 0 aliphatic heterocycles. The smallest absolute Gasteiger partial charge is 0.407 e. The van der Waals surface area contributed by atoms with Gasteiger partial charge in [-0.25, -0.2) is 18.0 Å². The van der Waals surface area contributed by atoms with Gasteiger partial charge in [-0.15, -0.1) is 0 Å². The number of rotatable bonds is 9. The number of amides is 1. The number of sulfone groups is 1. The van der Waals surface area contributed by atoms with Gasteiger partial charge in [0.15, 0.2) is 9.84 Å². The molecular weight excluding hydrogens is 542 g/mol. The van der Waals surface area contributed by atoms with E-state index in [1.165, 1.54) is 12.1 Å². The largest absolute Gasteiger partial charge is 0.508 e. The lowest BCUT2D eigenvalue weighted by molar-refractivity contribution is -0.147. The fourth-order valence-corrected chi connectivity index (χ4v) is 6.04. The Morgan fingerprint density at radius 3 is 2.10 bits per heavy atom. The van der Waals surface area contributed by atoms with Crippen LogP contribution in [-0.4, -0.2) is 44.5 Å². The highest BCUT2D eigenvalue weighted by Gasteiger charge is 2.31. The maximum absolute atomic E-state index is 13.2. The molecule has 0 heterocycles. The lowest BCUT2D eigenvalue weighted by Crippen LogP contribution is -2.44. The highest BCUT2D eigenvalue weighted by atomic mass is 32.2. The first kappa shape index (κ1) is 27.9. The number of carbonyl (C=O) groups is 2. The molecule has 0 saturated carbocycles. The van der Waals surface area contributed by atoms with Gasteiger partial charge in [-0.3, -0.25) is 0 Å². The van der Waals surface area contributed by atoms with Crippen molar-refractivity contribution in [1.29, 1.82) is 0 Å². The summed E-state index contributed by atoms with van der Waals surface area (Å²) < 4.78 is 35.9. The second-order valence-electron chi connectivity index (χ2n) is 9.88. The Balaban J connectivity index is 1.34. The molecule has 5 rings (SSSR count). The van der Waals surface area contributed by atoms with Crippen LogP contribution in [0.15, 0.2) is 102 Å². The van der Waals surface area contributed by atoms with Crippen molar-refractivity contribution in [2.24, 2.45) is 0 Å². The number of phenols is 1. The zero-order valence-corrected chi connectivity index (χ0v) is 23.1. The van der Waals surface area contributed by atoms with Crippen LogP contribution >= 0.6 is 0 Å². The van der Waals surface area contributed by atoms with Gasteiger partial charge in [0.25, 0.3) is 0 Å². The van der Waals surface area contributed by atoms with Gasteiger partial charge in [0.05, 0.1) is 4.90 Å². The van der Waals surface area contributed by atoms with Gasteiger partial charge in [0.2, 0.25) is 0 Å². The van der Waals surface area contributed by atoms with Crippen LogP contribution in [0.3, 0.4) is 0 Å². The molecule has 1 amide bonds. The van der Waals surface area contributed by atoms with Gasteiger partial charge in [0, 0.05) is 18.6 Å². The quantitative estimate of drug-likeness (QED) is 0.272. The second-order valence-corrected chi connectivity index (χ2v) is 11.9. The van der Waals surface area contributed by atoms with E-state index in [0.717, 1.165) is 40.1 Å². The van der Waals surface area contributed by atoms with E-state index >= 15 is 0 Å². The van der Waals surface area contributed by atoms with Crippen LogP contribution < -0.4 is 5.32 Å². The Hall–Kier alpha value is -4.63. The van der Waals surface area contributed by atoms with Crippen molar-refractivity contribution in [2.45, 2.75) is 29.9 Å². The lowest BCUT2D eigenvalue weighted by atomic mass is 9.98. The predicted molar refractivity (Wildman–Crippen MR) is 153 cm³/mol. The molecule has 1 aliphatic rings. The van der Waals surface area contributed by atoms with E-state index in [4.69, 9.17) is 9.47 Å². The summed E-state index contributed by atoms with van der Waals surface area (Å²) in [5, 5.41) is 12.4. The number of ether oxygens (including phenoxy) is 2. The minimum atomic E-state index is -3.75. The van der Waals surface area contributed by atoms with E-state index in [-0.39, 0.29) is 41.8 Å². The first-order valence-electron chi connectivity index (χ1n) is 13.0. The van der Waals surface area contributed by atoms with Crippen LogP contribution in [0.5, 0.6) is 5.75 Å². The van der Waals surface area contributed by atoms with E-state index in [1.54, 1.807) is 12.1 Å². The topological polar surface area (TPSA) is 119 Å². The number of hydrogen-bond acceptors (Lipinski definition) is 7. The van der Waals surface area contributed by atoms with Gasteiger partial charge in [-0.05, 0) is 45.5 Å². The average molecular weight is 572 g/mol. The van der Waals surface area contributed by atoms with E-state index in [2.05, 4.69) is 5.32 Å². The van der Waals surface area contributed by atoms with Crippen LogP contribution in [0, 0.1) is 0 Å². The molecule has 2 N–H and O–H groups in total. The van der Waals surface area contributed by atoms with Crippen molar-refractivity contribution >= 4 is 21.9 Å². The number of esters is 1. The zero-order valence-electron chi connectivity index (χ0n) is 22.3. The third-order valence-electron chi connectivity index (χ3n) is 7.02. The van der Waals surface area contributed by atoms with Crippen LogP contribution in [0.1, 0.15) is 28.2 Å². The van der Waals surface area contributed by atoms with E-state index in [1.807, 2.05) is 66.7 Å². The van der Waals surface area contributed by atoms with E-state index in [0.29, 0.717) is 0 Å². The molecule has 0 aromatic heterocycles. The standard InChI is InChI=1S/C32H29NO7S/c1-41(37,38)30-18-23(34)16-15-22(30)17-29(31(35)39-19-21-9-3-2-4-10-21)33-32(36)40-20-28-26-13-7-5-11-24(26)25-12-6-8-14-27(25)28/h2-16,18,28-29,34H,17,19-20H2,1H3,(H,33,36)/t29-/m0/s1. The number of fused-ring (bicyclic) bond motifs is 3. The Morgan fingerprint density at radius 2 is 1.46 bits per heavy atom. The van der Waals surface area contributed by atoms with Crippen molar-refractivity contribution in [2.75, 3.05) is 12.9 Å². The molecule has 4 aromatic carbocycles. The Morgan fingerprint density at radius 1 is 0.854 bits per heavy atom. The maximum Gasteiger partial charge on any atom is 0.407 e. The van der Waals surface area contributed by atoms with Gasteiger partial charge in [0.1, 0.15) is 25.0 Å². The number of nitrogens with one attached hydrogen (secondary N) is 1. The molecule has 0 unspecified atom stereocenters. The number of phenolic OH excluding ortho intramolecular Hbond substituents is 1. The molecule has 9 heteroatoms. The number of benzene rings is 4. The van der Waals surface area contributed by atoms with Crippen LogP contribution in [0.4, 0.5) is 4.79 Å². The zero-order chi connectivity index (χ0) is 29.0. The molecule has 8 nitrogen and oxygen atoms in total. The molecule has 1 aliphatic carbocycles. The van der Waals surface area contributed by atoms with Crippen LogP contribution in [-0.2, 0) is 37.1 Å². The van der Waals surface area contributed by atoms with Gasteiger partial charge < -0.3 is 19.9 Å². The minimum absolute atomic E-state index is 0.0307. The summed E-state index contributed by atoms with van der Waals surface area (Å²) >= 11 is 0. The lowest BCUT2D eigenvalue weighted by Gasteiger charge is -2.20. The molecular formula is C32H29NO7S. The maximum atomic E-state index is 13.2. The third kappa shape index (κ3) is 6.41. The SMILES string of the molecule is CS(=O)(=O)c1cc(O)ccc1C[C@H](NC(=O)OCC1c2ccccc2-c2ccccc21)C(=O)OCc1ccccc1. The Kier molecular flexibility index (Phi) is 8.07. The summed E-state index contributed by atoms with van der Waals surface area (Å²) in [6.07, 6.45) is -0.0266.